The first kappa shape index (κ1) is 17.0. The zero-order valence-electron chi connectivity index (χ0n) is 15.7. The number of aromatic nitrogens is 2. The molecule has 4 aromatic rings. The van der Waals surface area contributed by atoms with Crippen LogP contribution < -0.4 is 5.32 Å². The largest absolute Gasteiger partial charge is 0.322 e. The Morgan fingerprint density at radius 2 is 1.63 bits per heavy atom. The molecule has 0 saturated carbocycles. The van der Waals surface area contributed by atoms with Crippen molar-refractivity contribution in [3.63, 3.8) is 0 Å². The van der Waals surface area contributed by atoms with E-state index in [-0.39, 0.29) is 5.91 Å². The lowest BCUT2D eigenvalue weighted by atomic mass is 10.0. The van der Waals surface area contributed by atoms with Crippen LogP contribution in [0.4, 0.5) is 5.69 Å². The van der Waals surface area contributed by atoms with E-state index in [1.165, 1.54) is 5.56 Å². The number of carbonyl (C=O) groups excluding carboxylic acids is 1. The van der Waals surface area contributed by atoms with E-state index in [0.717, 1.165) is 33.5 Å². The van der Waals surface area contributed by atoms with Gasteiger partial charge in [-0.15, -0.1) is 0 Å². The summed E-state index contributed by atoms with van der Waals surface area (Å²) >= 11 is 0. The molecule has 0 unspecified atom stereocenters. The van der Waals surface area contributed by atoms with Crippen LogP contribution in [0.1, 0.15) is 27.0 Å². The summed E-state index contributed by atoms with van der Waals surface area (Å²) < 4.78 is 2.02. The zero-order valence-corrected chi connectivity index (χ0v) is 15.7. The van der Waals surface area contributed by atoms with Crippen molar-refractivity contribution >= 4 is 22.6 Å². The lowest BCUT2D eigenvalue weighted by Gasteiger charge is -2.13. The van der Waals surface area contributed by atoms with Gasteiger partial charge in [0.1, 0.15) is 6.33 Å². The average molecular weight is 355 g/mol. The number of benzene rings is 3. The van der Waals surface area contributed by atoms with Crippen LogP contribution in [0.15, 0.2) is 67.0 Å². The van der Waals surface area contributed by atoms with E-state index in [0.29, 0.717) is 5.56 Å². The second kappa shape index (κ2) is 6.72. The molecule has 1 amide bonds. The smallest absolute Gasteiger partial charge is 0.255 e. The minimum Gasteiger partial charge on any atom is -0.322 e. The van der Waals surface area contributed by atoms with Crippen LogP contribution in [0.5, 0.6) is 0 Å². The van der Waals surface area contributed by atoms with Gasteiger partial charge >= 0.3 is 0 Å². The zero-order chi connectivity index (χ0) is 19.0. The Kier molecular flexibility index (Phi) is 4.24. The van der Waals surface area contributed by atoms with E-state index < -0.39 is 0 Å². The fourth-order valence-corrected chi connectivity index (χ4v) is 3.51. The monoisotopic (exact) mass is 355 g/mol. The van der Waals surface area contributed by atoms with E-state index in [2.05, 4.69) is 29.4 Å². The van der Waals surface area contributed by atoms with Gasteiger partial charge in [-0.05, 0) is 62.2 Å². The van der Waals surface area contributed by atoms with Crippen molar-refractivity contribution in [1.82, 2.24) is 9.55 Å². The highest BCUT2D eigenvalue weighted by atomic mass is 16.1. The Bertz CT molecular complexity index is 1120. The van der Waals surface area contributed by atoms with Gasteiger partial charge in [0.05, 0.1) is 11.0 Å². The number of imidazole rings is 1. The summed E-state index contributed by atoms with van der Waals surface area (Å²) in [6.45, 7) is 6.09. The van der Waals surface area contributed by atoms with Crippen LogP contribution in [0, 0.1) is 20.8 Å². The number of nitrogens with one attached hydrogen (secondary N) is 1. The number of aryl methyl sites for hydroxylation is 3. The average Bonchev–Trinajstić information content (AvgIpc) is 3.08. The van der Waals surface area contributed by atoms with Crippen molar-refractivity contribution < 1.29 is 4.79 Å². The van der Waals surface area contributed by atoms with E-state index in [4.69, 9.17) is 0 Å². The number of para-hydroxylation sites is 1. The molecule has 0 atom stereocenters. The maximum atomic E-state index is 12.8. The predicted molar refractivity (Wildman–Crippen MR) is 110 cm³/mol. The molecule has 4 nitrogen and oxygen atoms in total. The maximum Gasteiger partial charge on any atom is 0.255 e. The first-order valence-electron chi connectivity index (χ1n) is 8.94. The SMILES string of the molecule is Cc1cc(C)c(NC(=O)c2ccc3c(c2)ncn3-c2ccccc2)c(C)c1. The molecule has 0 saturated heterocycles. The molecular weight excluding hydrogens is 334 g/mol. The summed E-state index contributed by atoms with van der Waals surface area (Å²) in [7, 11) is 0. The topological polar surface area (TPSA) is 46.9 Å². The number of amides is 1. The molecule has 0 fully saturated rings. The first-order valence-corrected chi connectivity index (χ1v) is 8.94. The Morgan fingerprint density at radius 1 is 0.926 bits per heavy atom. The standard InChI is InChI=1S/C23H21N3O/c1-15-11-16(2)22(17(3)12-15)25-23(27)18-9-10-21-20(13-18)24-14-26(21)19-7-5-4-6-8-19/h4-14H,1-3H3,(H,25,27). The van der Waals surface area contributed by atoms with Gasteiger partial charge in [0.2, 0.25) is 0 Å². The van der Waals surface area contributed by atoms with Crippen molar-refractivity contribution in [1.29, 1.82) is 0 Å². The molecule has 0 bridgehead atoms. The third kappa shape index (κ3) is 3.22. The molecule has 1 aromatic heterocycles. The van der Waals surface area contributed by atoms with Gasteiger partial charge in [-0.3, -0.25) is 9.36 Å². The number of hydrogen-bond acceptors (Lipinski definition) is 2. The summed E-state index contributed by atoms with van der Waals surface area (Å²) in [4.78, 5) is 17.3. The van der Waals surface area contributed by atoms with Gasteiger partial charge in [0.25, 0.3) is 5.91 Å². The summed E-state index contributed by atoms with van der Waals surface area (Å²) in [5.74, 6) is -0.124. The Labute approximate surface area is 158 Å². The number of hydrogen-bond donors (Lipinski definition) is 1. The third-order valence-electron chi connectivity index (χ3n) is 4.76. The number of carbonyl (C=O) groups is 1. The minimum absolute atomic E-state index is 0.124. The highest BCUT2D eigenvalue weighted by molar-refractivity contribution is 6.06. The van der Waals surface area contributed by atoms with Gasteiger partial charge in [-0.1, -0.05) is 35.9 Å². The molecule has 0 aliphatic heterocycles. The number of anilines is 1. The summed E-state index contributed by atoms with van der Waals surface area (Å²) in [5, 5.41) is 3.05. The lowest BCUT2D eigenvalue weighted by molar-refractivity contribution is 0.102. The van der Waals surface area contributed by atoms with E-state index >= 15 is 0 Å². The Morgan fingerprint density at radius 3 is 2.33 bits per heavy atom. The maximum absolute atomic E-state index is 12.8. The molecule has 1 N–H and O–H groups in total. The van der Waals surface area contributed by atoms with Crippen LogP contribution in [-0.4, -0.2) is 15.5 Å². The first-order chi connectivity index (χ1) is 13.0. The fourth-order valence-electron chi connectivity index (χ4n) is 3.51. The molecule has 0 radical (unpaired) electrons. The van der Waals surface area contributed by atoms with Crippen LogP contribution in [0.25, 0.3) is 16.7 Å². The molecule has 3 aromatic carbocycles. The van der Waals surface area contributed by atoms with Crippen molar-refractivity contribution in [2.24, 2.45) is 0 Å². The Balaban J connectivity index is 1.66. The number of nitrogens with zero attached hydrogens (tertiary/aromatic N) is 2. The predicted octanol–water partition coefficient (Wildman–Crippen LogP) is 5.20. The van der Waals surface area contributed by atoms with Gasteiger partial charge in [-0.2, -0.15) is 0 Å². The van der Waals surface area contributed by atoms with E-state index in [9.17, 15) is 4.79 Å². The lowest BCUT2D eigenvalue weighted by Crippen LogP contribution is -2.14. The molecular formula is C23H21N3O. The Hall–Kier alpha value is -3.40. The van der Waals surface area contributed by atoms with Crippen LogP contribution >= 0.6 is 0 Å². The summed E-state index contributed by atoms with van der Waals surface area (Å²) in [6.07, 6.45) is 1.79. The van der Waals surface area contributed by atoms with Gasteiger partial charge < -0.3 is 5.32 Å². The number of rotatable bonds is 3. The number of fused-ring (bicyclic) bond motifs is 1. The van der Waals surface area contributed by atoms with Crippen molar-refractivity contribution in [2.45, 2.75) is 20.8 Å². The van der Waals surface area contributed by atoms with Gasteiger partial charge in [-0.25, -0.2) is 4.98 Å². The highest BCUT2D eigenvalue weighted by Gasteiger charge is 2.13. The summed E-state index contributed by atoms with van der Waals surface area (Å²) in [5.41, 5.74) is 7.61. The van der Waals surface area contributed by atoms with Crippen molar-refractivity contribution in [3.05, 3.63) is 89.2 Å². The van der Waals surface area contributed by atoms with Crippen LogP contribution in [0.3, 0.4) is 0 Å². The molecule has 4 rings (SSSR count). The molecule has 0 aliphatic carbocycles. The molecule has 0 spiro atoms. The fraction of sp³-hybridized carbons (Fsp3) is 0.130. The van der Waals surface area contributed by atoms with Gasteiger partial charge in [0, 0.05) is 16.9 Å². The van der Waals surface area contributed by atoms with Crippen LogP contribution in [0.2, 0.25) is 0 Å². The molecule has 0 aliphatic rings. The normalized spacial score (nSPS) is 10.9. The second-order valence-corrected chi connectivity index (χ2v) is 6.88. The quantitative estimate of drug-likeness (QED) is 0.549. The second-order valence-electron chi connectivity index (χ2n) is 6.88. The van der Waals surface area contributed by atoms with Crippen molar-refractivity contribution in [2.75, 3.05) is 5.32 Å². The molecule has 1 heterocycles. The molecule has 27 heavy (non-hydrogen) atoms. The minimum atomic E-state index is -0.124. The van der Waals surface area contributed by atoms with E-state index in [1.54, 1.807) is 6.33 Å². The third-order valence-corrected chi connectivity index (χ3v) is 4.76. The summed E-state index contributed by atoms with van der Waals surface area (Å²) in [6, 6.07) is 19.8. The van der Waals surface area contributed by atoms with Crippen molar-refractivity contribution in [3.8, 4) is 5.69 Å². The van der Waals surface area contributed by atoms with Crippen LogP contribution in [-0.2, 0) is 0 Å². The molecule has 4 heteroatoms. The van der Waals surface area contributed by atoms with Gasteiger partial charge in [0.15, 0.2) is 0 Å². The highest BCUT2D eigenvalue weighted by Crippen LogP contribution is 2.24. The van der Waals surface area contributed by atoms with E-state index in [1.807, 2.05) is 66.9 Å². The molecule has 134 valence electrons.